The molecule has 0 bridgehead atoms. The van der Waals surface area contributed by atoms with Gasteiger partial charge in [-0.25, -0.2) is 9.50 Å². The van der Waals surface area contributed by atoms with Crippen LogP contribution in [0.2, 0.25) is 0 Å². The van der Waals surface area contributed by atoms with Crippen molar-refractivity contribution < 1.29 is 0 Å². The van der Waals surface area contributed by atoms with Crippen LogP contribution >= 0.6 is 0 Å². The molecule has 0 saturated heterocycles. The summed E-state index contributed by atoms with van der Waals surface area (Å²) < 4.78 is 1.95. The van der Waals surface area contributed by atoms with Crippen LogP contribution in [0, 0.1) is 0 Å². The highest BCUT2D eigenvalue weighted by molar-refractivity contribution is 5.56. The van der Waals surface area contributed by atoms with E-state index in [1.807, 2.05) is 41.0 Å². The third kappa shape index (κ3) is 1.88. The Morgan fingerprint density at radius 2 is 1.80 bits per heavy atom. The Kier molecular flexibility index (Phi) is 2.73. The minimum atomic E-state index is 0.713. The van der Waals surface area contributed by atoms with E-state index < -0.39 is 0 Å². The predicted molar refractivity (Wildman–Crippen MR) is 77.5 cm³/mol. The number of fused-ring (bicyclic) bond motifs is 3. The summed E-state index contributed by atoms with van der Waals surface area (Å²) in [4.78, 5) is 9.03. The maximum Gasteiger partial charge on any atom is 0.252 e. The summed E-state index contributed by atoms with van der Waals surface area (Å²) in [5.41, 5.74) is 3.67. The molecule has 4 nitrogen and oxygen atoms in total. The molecule has 0 atom stereocenters. The van der Waals surface area contributed by atoms with Gasteiger partial charge in [-0.1, -0.05) is 36.8 Å². The molecule has 0 spiro atoms. The Morgan fingerprint density at radius 3 is 2.70 bits per heavy atom. The fourth-order valence-electron chi connectivity index (χ4n) is 2.88. The molecule has 20 heavy (non-hydrogen) atoms. The van der Waals surface area contributed by atoms with Crippen LogP contribution in [0.25, 0.3) is 17.2 Å². The molecule has 1 aromatic carbocycles. The fraction of sp³-hybridized carbons (Fsp3) is 0.312. The van der Waals surface area contributed by atoms with E-state index in [1.165, 1.54) is 30.5 Å². The second kappa shape index (κ2) is 4.71. The van der Waals surface area contributed by atoms with Crippen molar-refractivity contribution in [2.24, 2.45) is 0 Å². The second-order valence-electron chi connectivity index (χ2n) is 5.30. The van der Waals surface area contributed by atoms with Crippen molar-refractivity contribution in [3.8, 4) is 11.4 Å². The predicted octanol–water partition coefficient (Wildman–Crippen LogP) is 3.06. The van der Waals surface area contributed by atoms with Crippen LogP contribution in [0.3, 0.4) is 0 Å². The number of rotatable bonds is 1. The van der Waals surface area contributed by atoms with Crippen LogP contribution in [-0.2, 0) is 12.8 Å². The highest BCUT2D eigenvalue weighted by Crippen LogP contribution is 2.22. The van der Waals surface area contributed by atoms with Gasteiger partial charge < -0.3 is 0 Å². The van der Waals surface area contributed by atoms with Gasteiger partial charge in [0, 0.05) is 11.8 Å². The molecule has 0 unspecified atom stereocenters. The van der Waals surface area contributed by atoms with Crippen molar-refractivity contribution in [1.82, 2.24) is 19.6 Å². The lowest BCUT2D eigenvalue weighted by Gasteiger charge is -2.05. The maximum absolute atomic E-state index is 4.68. The van der Waals surface area contributed by atoms with Crippen molar-refractivity contribution in [1.29, 1.82) is 0 Å². The molecule has 2 aromatic heterocycles. The van der Waals surface area contributed by atoms with Crippen molar-refractivity contribution >= 4 is 5.78 Å². The standard InChI is InChI=1S/C16H16N4/c1-3-7-12(8-4-1)15-18-16-17-11-13-9-5-2-6-10-14(13)20(16)19-15/h1,3-4,7-8,11H,2,5-6,9-10H2. The molecule has 4 heteroatoms. The quantitative estimate of drug-likeness (QED) is 0.634. The SMILES string of the molecule is c1ccc(-c2nc3ncc4c(n3n2)CCCCC4)cc1. The number of aryl methyl sites for hydroxylation is 2. The van der Waals surface area contributed by atoms with Gasteiger partial charge in [0.25, 0.3) is 5.78 Å². The van der Waals surface area contributed by atoms with Gasteiger partial charge >= 0.3 is 0 Å². The Bertz CT molecular complexity index is 746. The minimum absolute atomic E-state index is 0.713. The molecule has 1 aliphatic rings. The lowest BCUT2D eigenvalue weighted by atomic mass is 10.1. The number of benzene rings is 1. The maximum atomic E-state index is 4.68. The summed E-state index contributed by atoms with van der Waals surface area (Å²) in [6, 6.07) is 10.1. The highest BCUT2D eigenvalue weighted by Gasteiger charge is 2.15. The molecule has 0 aliphatic heterocycles. The smallest absolute Gasteiger partial charge is 0.219 e. The Balaban J connectivity index is 1.89. The van der Waals surface area contributed by atoms with E-state index in [4.69, 9.17) is 0 Å². The first-order chi connectivity index (χ1) is 9.92. The van der Waals surface area contributed by atoms with Gasteiger partial charge in [0.2, 0.25) is 0 Å². The molecule has 1 aliphatic carbocycles. The van der Waals surface area contributed by atoms with Crippen molar-refractivity contribution in [2.75, 3.05) is 0 Å². The third-order valence-electron chi connectivity index (χ3n) is 3.94. The molecule has 100 valence electrons. The average molecular weight is 264 g/mol. The topological polar surface area (TPSA) is 43.1 Å². The molecule has 4 rings (SSSR count). The Hall–Kier alpha value is -2.23. The first-order valence-electron chi connectivity index (χ1n) is 7.21. The van der Waals surface area contributed by atoms with Crippen LogP contribution in [0.15, 0.2) is 36.5 Å². The molecule has 0 N–H and O–H groups in total. The third-order valence-corrected chi connectivity index (χ3v) is 3.94. The monoisotopic (exact) mass is 264 g/mol. The first kappa shape index (κ1) is 11.6. The molecule has 0 radical (unpaired) electrons. The summed E-state index contributed by atoms with van der Waals surface area (Å²) in [7, 11) is 0. The Labute approximate surface area is 117 Å². The molecule has 0 fully saturated rings. The van der Waals surface area contributed by atoms with Crippen LogP contribution in [-0.4, -0.2) is 19.6 Å². The number of nitrogens with zero attached hydrogens (tertiary/aromatic N) is 4. The molecule has 2 heterocycles. The van der Waals surface area contributed by atoms with Crippen LogP contribution in [0.4, 0.5) is 0 Å². The molecule has 0 amide bonds. The average Bonchev–Trinajstić information content (AvgIpc) is 2.79. The van der Waals surface area contributed by atoms with Gasteiger partial charge in [0.15, 0.2) is 5.82 Å². The lowest BCUT2D eigenvalue weighted by molar-refractivity contribution is 0.702. The lowest BCUT2D eigenvalue weighted by Crippen LogP contribution is -2.04. The number of aromatic nitrogens is 4. The molecule has 3 aromatic rings. The second-order valence-corrected chi connectivity index (χ2v) is 5.30. The van der Waals surface area contributed by atoms with E-state index in [2.05, 4.69) is 15.1 Å². The summed E-state index contributed by atoms with van der Waals surface area (Å²) in [5.74, 6) is 1.47. The normalized spacial score (nSPS) is 15.0. The van der Waals surface area contributed by atoms with Gasteiger partial charge in [0.05, 0.1) is 5.69 Å². The Morgan fingerprint density at radius 1 is 0.950 bits per heavy atom. The van der Waals surface area contributed by atoms with E-state index >= 15 is 0 Å². The van der Waals surface area contributed by atoms with Crippen LogP contribution in [0.1, 0.15) is 30.5 Å². The largest absolute Gasteiger partial charge is 0.252 e. The molecule has 0 saturated carbocycles. The van der Waals surface area contributed by atoms with E-state index in [9.17, 15) is 0 Å². The van der Waals surface area contributed by atoms with Crippen LogP contribution in [0.5, 0.6) is 0 Å². The fourth-order valence-corrected chi connectivity index (χ4v) is 2.88. The van der Waals surface area contributed by atoms with Gasteiger partial charge in [-0.2, -0.15) is 4.98 Å². The zero-order valence-corrected chi connectivity index (χ0v) is 11.3. The van der Waals surface area contributed by atoms with E-state index in [1.54, 1.807) is 0 Å². The summed E-state index contributed by atoms with van der Waals surface area (Å²) >= 11 is 0. The van der Waals surface area contributed by atoms with E-state index in [0.717, 1.165) is 24.2 Å². The van der Waals surface area contributed by atoms with Gasteiger partial charge in [-0.3, -0.25) is 0 Å². The van der Waals surface area contributed by atoms with E-state index in [0.29, 0.717) is 5.78 Å². The van der Waals surface area contributed by atoms with Gasteiger partial charge in [-0.05, 0) is 31.2 Å². The zero-order valence-electron chi connectivity index (χ0n) is 11.3. The molecular formula is C16H16N4. The zero-order chi connectivity index (χ0) is 13.4. The molecular weight excluding hydrogens is 248 g/mol. The number of hydrogen-bond acceptors (Lipinski definition) is 3. The van der Waals surface area contributed by atoms with Crippen molar-refractivity contribution in [2.45, 2.75) is 32.1 Å². The van der Waals surface area contributed by atoms with Gasteiger partial charge in [0.1, 0.15) is 0 Å². The van der Waals surface area contributed by atoms with E-state index in [-0.39, 0.29) is 0 Å². The number of hydrogen-bond donors (Lipinski definition) is 0. The summed E-state index contributed by atoms with van der Waals surface area (Å²) in [5, 5.41) is 4.68. The highest BCUT2D eigenvalue weighted by atomic mass is 15.3. The van der Waals surface area contributed by atoms with Crippen LogP contribution < -0.4 is 0 Å². The minimum Gasteiger partial charge on any atom is -0.219 e. The van der Waals surface area contributed by atoms with Crippen molar-refractivity contribution in [3.63, 3.8) is 0 Å². The van der Waals surface area contributed by atoms with Gasteiger partial charge in [-0.15, -0.1) is 5.10 Å². The van der Waals surface area contributed by atoms with Crippen molar-refractivity contribution in [3.05, 3.63) is 47.8 Å². The first-order valence-corrected chi connectivity index (χ1v) is 7.21. The summed E-state index contributed by atoms with van der Waals surface area (Å²) in [6.07, 6.45) is 7.94. The summed E-state index contributed by atoms with van der Waals surface area (Å²) in [6.45, 7) is 0.